The molecule has 0 unspecified atom stereocenters. The van der Waals surface area contributed by atoms with Crippen molar-refractivity contribution >= 4 is 40.3 Å². The second-order valence-electron chi connectivity index (χ2n) is 3.23. The Morgan fingerprint density at radius 1 is 1.31 bits per heavy atom. The average Bonchev–Trinajstić information content (AvgIpc) is 2.31. The molecule has 0 saturated heterocycles. The molecule has 1 aromatic carbocycles. The molecule has 1 N–H and O–H groups in total. The third kappa shape index (κ3) is 3.72. The number of aliphatic imine (C=N–C) groups is 1. The van der Waals surface area contributed by atoms with Crippen LogP contribution in [0.1, 0.15) is 0 Å². The van der Waals surface area contributed by atoms with E-state index in [1.807, 2.05) is 36.0 Å². The van der Waals surface area contributed by atoms with Gasteiger partial charge in [-0.05, 0) is 24.3 Å². The van der Waals surface area contributed by atoms with Crippen LogP contribution in [0.15, 0.2) is 29.3 Å². The molecule has 0 aliphatic carbocycles. The van der Waals surface area contributed by atoms with E-state index in [1.54, 1.807) is 7.11 Å². The van der Waals surface area contributed by atoms with Gasteiger partial charge in [0, 0.05) is 11.4 Å². The number of anilines is 1. The van der Waals surface area contributed by atoms with Crippen molar-refractivity contribution < 1.29 is 4.74 Å². The SMILES string of the molecule is Br.COc1ccc(NC2=NCCSC2)cc1. The fraction of sp³-hybridized carbons (Fsp3) is 0.364. The molecule has 0 spiro atoms. The van der Waals surface area contributed by atoms with Gasteiger partial charge in [-0.3, -0.25) is 4.99 Å². The fourth-order valence-corrected chi connectivity index (χ4v) is 2.10. The number of amidine groups is 1. The highest BCUT2D eigenvalue weighted by Gasteiger charge is 2.05. The molecular formula is C11H15BrN2OS. The molecule has 1 heterocycles. The predicted octanol–water partition coefficient (Wildman–Crippen LogP) is 2.83. The first-order valence-electron chi connectivity index (χ1n) is 4.90. The summed E-state index contributed by atoms with van der Waals surface area (Å²) in [4.78, 5) is 4.42. The molecule has 1 aromatic rings. The Balaban J connectivity index is 0.00000128. The van der Waals surface area contributed by atoms with E-state index in [9.17, 15) is 0 Å². The second kappa shape index (κ2) is 6.81. The van der Waals surface area contributed by atoms with E-state index in [1.165, 1.54) is 0 Å². The van der Waals surface area contributed by atoms with Crippen molar-refractivity contribution in [2.75, 3.05) is 30.5 Å². The average molecular weight is 303 g/mol. The van der Waals surface area contributed by atoms with E-state index in [4.69, 9.17) is 4.74 Å². The number of thioether (sulfide) groups is 1. The summed E-state index contributed by atoms with van der Waals surface area (Å²) < 4.78 is 5.10. The van der Waals surface area contributed by atoms with Crippen molar-refractivity contribution in [3.05, 3.63) is 24.3 Å². The maximum atomic E-state index is 5.10. The number of halogens is 1. The third-order valence-electron chi connectivity index (χ3n) is 2.16. The van der Waals surface area contributed by atoms with Gasteiger partial charge in [0.15, 0.2) is 0 Å². The monoisotopic (exact) mass is 302 g/mol. The molecule has 2 rings (SSSR count). The quantitative estimate of drug-likeness (QED) is 0.912. The maximum absolute atomic E-state index is 5.10. The minimum Gasteiger partial charge on any atom is -0.497 e. The Bertz CT molecular complexity index is 354. The first kappa shape index (κ1) is 13.4. The van der Waals surface area contributed by atoms with Crippen LogP contribution in [0.25, 0.3) is 0 Å². The number of hydrogen-bond donors (Lipinski definition) is 1. The van der Waals surface area contributed by atoms with Gasteiger partial charge in [0.1, 0.15) is 11.6 Å². The van der Waals surface area contributed by atoms with Crippen LogP contribution in [0.2, 0.25) is 0 Å². The fourth-order valence-electron chi connectivity index (χ4n) is 1.38. The Hall–Kier alpha value is -0.680. The maximum Gasteiger partial charge on any atom is 0.119 e. The van der Waals surface area contributed by atoms with Crippen LogP contribution in [0, 0.1) is 0 Å². The Morgan fingerprint density at radius 3 is 2.62 bits per heavy atom. The molecule has 0 atom stereocenters. The van der Waals surface area contributed by atoms with Gasteiger partial charge in [-0.2, -0.15) is 11.8 Å². The second-order valence-corrected chi connectivity index (χ2v) is 4.34. The van der Waals surface area contributed by atoms with E-state index in [-0.39, 0.29) is 17.0 Å². The van der Waals surface area contributed by atoms with Gasteiger partial charge in [0.05, 0.1) is 19.4 Å². The third-order valence-corrected chi connectivity index (χ3v) is 3.10. The van der Waals surface area contributed by atoms with Gasteiger partial charge in [0.25, 0.3) is 0 Å². The topological polar surface area (TPSA) is 33.6 Å². The van der Waals surface area contributed by atoms with E-state index in [0.29, 0.717) is 0 Å². The summed E-state index contributed by atoms with van der Waals surface area (Å²) in [6.45, 7) is 0.920. The summed E-state index contributed by atoms with van der Waals surface area (Å²) in [7, 11) is 1.67. The van der Waals surface area contributed by atoms with Crippen LogP contribution in [0.3, 0.4) is 0 Å². The van der Waals surface area contributed by atoms with Gasteiger partial charge in [-0.1, -0.05) is 0 Å². The lowest BCUT2D eigenvalue weighted by Gasteiger charge is -2.13. The molecular weight excluding hydrogens is 288 g/mol. The van der Waals surface area contributed by atoms with Crippen LogP contribution in [-0.4, -0.2) is 31.0 Å². The molecule has 0 amide bonds. The van der Waals surface area contributed by atoms with E-state index in [2.05, 4.69) is 10.3 Å². The van der Waals surface area contributed by atoms with E-state index in [0.717, 1.165) is 35.3 Å². The van der Waals surface area contributed by atoms with Gasteiger partial charge < -0.3 is 10.1 Å². The van der Waals surface area contributed by atoms with Crippen molar-refractivity contribution in [2.45, 2.75) is 0 Å². The largest absolute Gasteiger partial charge is 0.497 e. The number of nitrogens with zero attached hydrogens (tertiary/aromatic N) is 1. The minimum atomic E-state index is 0. The number of methoxy groups -OCH3 is 1. The minimum absolute atomic E-state index is 0. The normalized spacial score (nSPS) is 14.7. The first-order valence-corrected chi connectivity index (χ1v) is 6.06. The molecule has 1 aliphatic rings. The number of ether oxygens (including phenoxy) is 1. The summed E-state index contributed by atoms with van der Waals surface area (Å²) >= 11 is 1.91. The molecule has 0 radical (unpaired) electrons. The Morgan fingerprint density at radius 2 is 2.06 bits per heavy atom. The molecule has 0 aromatic heterocycles. The molecule has 0 saturated carbocycles. The molecule has 0 bridgehead atoms. The Kier molecular flexibility index (Phi) is 5.69. The lowest BCUT2D eigenvalue weighted by Crippen LogP contribution is -2.19. The van der Waals surface area contributed by atoms with Crippen molar-refractivity contribution in [1.29, 1.82) is 0 Å². The van der Waals surface area contributed by atoms with Crippen LogP contribution in [0.5, 0.6) is 5.75 Å². The van der Waals surface area contributed by atoms with Crippen molar-refractivity contribution in [3.8, 4) is 5.75 Å². The zero-order chi connectivity index (χ0) is 10.5. The molecule has 16 heavy (non-hydrogen) atoms. The standard InChI is InChI=1S/C11H14N2OS.BrH/c1-14-10-4-2-9(3-5-10)13-11-8-15-7-6-12-11;/h2-5H,6-8H2,1H3,(H,12,13);1H. The predicted molar refractivity (Wildman–Crippen MR) is 76.6 cm³/mol. The summed E-state index contributed by atoms with van der Waals surface area (Å²) in [6, 6.07) is 7.89. The van der Waals surface area contributed by atoms with Crippen LogP contribution in [0.4, 0.5) is 5.69 Å². The van der Waals surface area contributed by atoms with Gasteiger partial charge in [0.2, 0.25) is 0 Å². The van der Waals surface area contributed by atoms with Crippen molar-refractivity contribution in [1.82, 2.24) is 0 Å². The molecule has 3 nitrogen and oxygen atoms in total. The summed E-state index contributed by atoms with van der Waals surface area (Å²) in [5.74, 6) is 4.05. The molecule has 5 heteroatoms. The molecule has 0 fully saturated rings. The summed E-state index contributed by atoms with van der Waals surface area (Å²) in [6.07, 6.45) is 0. The van der Waals surface area contributed by atoms with Crippen molar-refractivity contribution in [2.24, 2.45) is 4.99 Å². The smallest absolute Gasteiger partial charge is 0.119 e. The lowest BCUT2D eigenvalue weighted by molar-refractivity contribution is 0.415. The number of benzene rings is 1. The van der Waals surface area contributed by atoms with Gasteiger partial charge >= 0.3 is 0 Å². The molecule has 88 valence electrons. The zero-order valence-electron chi connectivity index (χ0n) is 9.10. The summed E-state index contributed by atoms with van der Waals surface area (Å²) in [5, 5.41) is 3.31. The van der Waals surface area contributed by atoms with Crippen LogP contribution in [-0.2, 0) is 0 Å². The van der Waals surface area contributed by atoms with E-state index < -0.39 is 0 Å². The zero-order valence-corrected chi connectivity index (χ0v) is 11.6. The molecule has 1 aliphatic heterocycles. The highest BCUT2D eigenvalue weighted by Crippen LogP contribution is 2.16. The number of nitrogens with one attached hydrogen (secondary N) is 1. The van der Waals surface area contributed by atoms with Gasteiger partial charge in [-0.15, -0.1) is 17.0 Å². The number of rotatable bonds is 2. The van der Waals surface area contributed by atoms with E-state index >= 15 is 0 Å². The highest BCUT2D eigenvalue weighted by atomic mass is 79.9. The Labute approximate surface area is 110 Å². The number of hydrogen-bond acceptors (Lipinski definition) is 4. The van der Waals surface area contributed by atoms with Crippen molar-refractivity contribution in [3.63, 3.8) is 0 Å². The highest BCUT2D eigenvalue weighted by molar-refractivity contribution is 8.93. The first-order chi connectivity index (χ1) is 7.38. The van der Waals surface area contributed by atoms with Crippen LogP contribution < -0.4 is 10.1 Å². The lowest BCUT2D eigenvalue weighted by atomic mass is 10.3. The van der Waals surface area contributed by atoms with Crippen LogP contribution >= 0.6 is 28.7 Å². The van der Waals surface area contributed by atoms with Gasteiger partial charge in [-0.25, -0.2) is 0 Å². The summed E-state index contributed by atoms with van der Waals surface area (Å²) in [5.41, 5.74) is 1.07.